The van der Waals surface area contributed by atoms with E-state index in [0.717, 1.165) is 11.1 Å². The normalized spacial score (nSPS) is 26.1. The quantitative estimate of drug-likeness (QED) is 0.356. The van der Waals surface area contributed by atoms with Crippen molar-refractivity contribution in [1.82, 2.24) is 0 Å². The van der Waals surface area contributed by atoms with Gasteiger partial charge in [0.15, 0.2) is 23.1 Å². The summed E-state index contributed by atoms with van der Waals surface area (Å²) in [6, 6.07) is 12.0. The van der Waals surface area contributed by atoms with E-state index >= 15 is 0 Å². The lowest BCUT2D eigenvalue weighted by atomic mass is 9.59. The van der Waals surface area contributed by atoms with Crippen molar-refractivity contribution in [3.63, 3.8) is 0 Å². The zero-order chi connectivity index (χ0) is 27.6. The number of phenols is 1. The molecule has 0 spiro atoms. The summed E-state index contributed by atoms with van der Waals surface area (Å²) in [7, 11) is 1.44. The first-order chi connectivity index (χ1) is 18.7. The fourth-order valence-electron chi connectivity index (χ4n) is 6.63. The van der Waals surface area contributed by atoms with E-state index in [1.807, 2.05) is 18.2 Å². The van der Waals surface area contributed by atoms with E-state index in [9.17, 15) is 24.3 Å². The van der Waals surface area contributed by atoms with E-state index < -0.39 is 23.7 Å². The SMILES string of the molecule is C=Cc1ccc(N2C(=O)[C@H]3[C@H](CC=C4[C@H](c5ccc(O)c(OC)c5)C5=C(C[C@H]43)C(=O)C=C(C)C5=O)C2=O)cc1. The predicted octanol–water partition coefficient (Wildman–Crippen LogP) is 4.68. The first-order valence-electron chi connectivity index (χ1n) is 12.9. The summed E-state index contributed by atoms with van der Waals surface area (Å²) in [5.41, 5.74) is 4.07. The van der Waals surface area contributed by atoms with Crippen LogP contribution in [0.15, 0.2) is 83.5 Å². The van der Waals surface area contributed by atoms with Crippen LogP contribution in [-0.4, -0.2) is 35.6 Å². The van der Waals surface area contributed by atoms with Crippen LogP contribution in [-0.2, 0) is 19.2 Å². The van der Waals surface area contributed by atoms with Crippen molar-refractivity contribution in [3.05, 3.63) is 94.6 Å². The van der Waals surface area contributed by atoms with Gasteiger partial charge in [-0.25, -0.2) is 0 Å². The van der Waals surface area contributed by atoms with Crippen molar-refractivity contribution < 1.29 is 29.0 Å². The molecule has 1 fully saturated rings. The van der Waals surface area contributed by atoms with E-state index in [2.05, 4.69) is 6.58 Å². The van der Waals surface area contributed by atoms with Crippen molar-refractivity contribution in [3.8, 4) is 11.5 Å². The minimum atomic E-state index is -0.651. The Bertz CT molecular complexity index is 1570. The molecule has 1 heterocycles. The number of benzene rings is 2. The minimum Gasteiger partial charge on any atom is -0.504 e. The number of anilines is 1. The molecule has 3 aliphatic carbocycles. The van der Waals surface area contributed by atoms with Crippen LogP contribution in [0.2, 0.25) is 0 Å². The van der Waals surface area contributed by atoms with Gasteiger partial charge >= 0.3 is 0 Å². The van der Waals surface area contributed by atoms with E-state index in [1.54, 1.807) is 37.3 Å². The Kier molecular flexibility index (Phi) is 5.75. The molecule has 4 aliphatic rings. The van der Waals surface area contributed by atoms with Crippen molar-refractivity contribution in [1.29, 1.82) is 0 Å². The lowest BCUT2D eigenvalue weighted by molar-refractivity contribution is -0.123. The molecule has 1 saturated heterocycles. The zero-order valence-electron chi connectivity index (χ0n) is 21.6. The van der Waals surface area contributed by atoms with Crippen LogP contribution in [0.5, 0.6) is 11.5 Å². The second kappa shape index (κ2) is 9.05. The Morgan fingerprint density at radius 2 is 1.77 bits per heavy atom. The lowest BCUT2D eigenvalue weighted by Gasteiger charge is -2.42. The molecule has 0 saturated carbocycles. The van der Waals surface area contributed by atoms with Crippen molar-refractivity contribution in [2.45, 2.75) is 25.7 Å². The number of Topliss-reactive ketones (excluding diaryl/α,β-unsaturated/α-hetero) is 1. The number of methoxy groups -OCH3 is 1. The Balaban J connectivity index is 1.47. The number of fused-ring (bicyclic) bond motifs is 3. The predicted molar refractivity (Wildman–Crippen MR) is 145 cm³/mol. The maximum Gasteiger partial charge on any atom is 0.238 e. The van der Waals surface area contributed by atoms with Gasteiger partial charge in [0.25, 0.3) is 0 Å². The highest BCUT2D eigenvalue weighted by molar-refractivity contribution is 6.25. The third-order valence-corrected chi connectivity index (χ3v) is 8.49. The summed E-state index contributed by atoms with van der Waals surface area (Å²) < 4.78 is 5.34. The van der Waals surface area contributed by atoms with Gasteiger partial charge in [-0.15, -0.1) is 0 Å². The highest BCUT2D eigenvalue weighted by Gasteiger charge is 2.56. The van der Waals surface area contributed by atoms with Gasteiger partial charge in [-0.05, 0) is 67.2 Å². The van der Waals surface area contributed by atoms with E-state index in [4.69, 9.17) is 4.74 Å². The van der Waals surface area contributed by atoms with Gasteiger partial charge in [0, 0.05) is 22.6 Å². The molecular weight excluding hydrogens is 494 g/mol. The maximum atomic E-state index is 13.9. The van der Waals surface area contributed by atoms with Crippen molar-refractivity contribution >= 4 is 35.1 Å². The summed E-state index contributed by atoms with van der Waals surface area (Å²) in [6.45, 7) is 5.38. The van der Waals surface area contributed by atoms with Crippen molar-refractivity contribution in [2.24, 2.45) is 17.8 Å². The number of rotatable bonds is 4. The monoisotopic (exact) mass is 521 g/mol. The number of phenolic OH excluding ortho intramolecular Hbond substituents is 1. The topological polar surface area (TPSA) is 101 Å². The van der Waals surface area contributed by atoms with Gasteiger partial charge in [-0.3, -0.25) is 24.1 Å². The molecule has 7 nitrogen and oxygen atoms in total. The molecule has 2 amide bonds. The molecule has 0 bridgehead atoms. The van der Waals surface area contributed by atoms with Crippen LogP contribution < -0.4 is 9.64 Å². The maximum absolute atomic E-state index is 13.9. The van der Waals surface area contributed by atoms with E-state index in [0.29, 0.717) is 34.4 Å². The summed E-state index contributed by atoms with van der Waals surface area (Å²) in [5.74, 6) is -3.02. The number of nitrogens with zero attached hydrogens (tertiary/aromatic N) is 1. The molecule has 4 atom stereocenters. The average Bonchev–Trinajstić information content (AvgIpc) is 3.20. The number of amides is 2. The summed E-state index contributed by atoms with van der Waals surface area (Å²) in [6.07, 6.45) is 5.59. The van der Waals surface area contributed by atoms with Gasteiger partial charge in [-0.1, -0.05) is 42.5 Å². The molecule has 2 aromatic rings. The number of hydrogen-bond donors (Lipinski definition) is 1. The highest BCUT2D eigenvalue weighted by Crippen LogP contribution is 2.55. The Morgan fingerprint density at radius 1 is 1.03 bits per heavy atom. The van der Waals surface area contributed by atoms with Crippen molar-refractivity contribution in [2.75, 3.05) is 12.0 Å². The smallest absolute Gasteiger partial charge is 0.238 e. The largest absolute Gasteiger partial charge is 0.504 e. The van der Waals surface area contributed by atoms with Crippen LogP contribution in [0.4, 0.5) is 5.69 Å². The molecule has 1 N–H and O–H groups in total. The molecule has 0 radical (unpaired) electrons. The summed E-state index contributed by atoms with van der Waals surface area (Å²) >= 11 is 0. The molecule has 1 aliphatic heterocycles. The second-order valence-corrected chi connectivity index (χ2v) is 10.5. The van der Waals surface area contributed by atoms with Gasteiger partial charge in [0.05, 0.1) is 24.6 Å². The van der Waals surface area contributed by atoms with Gasteiger partial charge in [0.2, 0.25) is 11.8 Å². The number of carbonyl (C=O) groups is 4. The molecule has 0 aromatic heterocycles. The first kappa shape index (κ1) is 24.8. The fourth-order valence-corrected chi connectivity index (χ4v) is 6.63. The second-order valence-electron chi connectivity index (χ2n) is 10.5. The standard InChI is InChI=1S/C32H27NO6/c1-4-17-5-8-19(9-6-17)33-31(37)21-11-10-20-22(28(21)32(33)38)15-23-25(35)13-16(2)30(36)29(23)27(20)18-7-12-24(34)26(14-18)39-3/h4-10,12-14,21-22,27-28,34H,1,11,15H2,2-3H3/t21-,22+,27-,28-/m0/s1. The summed E-state index contributed by atoms with van der Waals surface area (Å²) in [4.78, 5) is 55.5. The molecule has 39 heavy (non-hydrogen) atoms. The number of imide groups is 1. The molecule has 7 heteroatoms. The van der Waals surface area contributed by atoms with Gasteiger partial charge in [-0.2, -0.15) is 0 Å². The van der Waals surface area contributed by atoms with E-state index in [1.165, 1.54) is 24.2 Å². The number of allylic oxidation sites excluding steroid dienone is 6. The first-order valence-corrected chi connectivity index (χ1v) is 12.9. The van der Waals surface area contributed by atoms with Crippen LogP contribution >= 0.6 is 0 Å². The van der Waals surface area contributed by atoms with Crippen LogP contribution in [0.25, 0.3) is 6.08 Å². The average molecular weight is 522 g/mol. The molecule has 196 valence electrons. The van der Waals surface area contributed by atoms with Gasteiger partial charge in [0.1, 0.15) is 0 Å². The Hall–Kier alpha value is -4.52. The molecule has 6 rings (SSSR count). The van der Waals surface area contributed by atoms with Crippen LogP contribution in [0, 0.1) is 17.8 Å². The number of hydrogen-bond acceptors (Lipinski definition) is 6. The van der Waals surface area contributed by atoms with Crippen LogP contribution in [0.1, 0.15) is 36.8 Å². The number of ketones is 2. The summed E-state index contributed by atoms with van der Waals surface area (Å²) in [5, 5.41) is 10.2. The fraction of sp³-hybridized carbons (Fsp3) is 0.250. The number of ether oxygens (including phenoxy) is 1. The molecular formula is C32H27NO6. The third-order valence-electron chi connectivity index (χ3n) is 8.49. The minimum absolute atomic E-state index is 0.0442. The number of aromatic hydroxyl groups is 1. The Labute approximate surface area is 225 Å². The van der Waals surface area contributed by atoms with E-state index in [-0.39, 0.29) is 41.3 Å². The Morgan fingerprint density at radius 3 is 2.46 bits per heavy atom. The molecule has 0 unspecified atom stereocenters. The molecule has 2 aromatic carbocycles. The third kappa shape index (κ3) is 3.64. The number of carbonyl (C=O) groups excluding carboxylic acids is 4. The highest BCUT2D eigenvalue weighted by atomic mass is 16.5. The van der Waals surface area contributed by atoms with Gasteiger partial charge < -0.3 is 9.84 Å². The lowest BCUT2D eigenvalue weighted by Crippen LogP contribution is -2.39. The zero-order valence-corrected chi connectivity index (χ0v) is 21.6. The van der Waals surface area contributed by atoms with Crippen LogP contribution in [0.3, 0.4) is 0 Å².